The molecule has 0 aromatic heterocycles. The van der Waals surface area contributed by atoms with E-state index in [9.17, 15) is 8.78 Å². The van der Waals surface area contributed by atoms with Crippen molar-refractivity contribution in [3.05, 3.63) is 23.5 Å². The number of nitrogens with one attached hydrogen (secondary N) is 2. The van der Waals surface area contributed by atoms with E-state index in [0.29, 0.717) is 19.1 Å². The summed E-state index contributed by atoms with van der Waals surface area (Å²) in [7, 11) is 0. The normalized spacial score (nSPS) is 21.7. The van der Waals surface area contributed by atoms with Crippen LogP contribution in [0.1, 0.15) is 92.4 Å². The minimum atomic E-state index is -2.38. The van der Waals surface area contributed by atoms with Crippen LogP contribution in [0.15, 0.2) is 33.5 Å². The quantitative estimate of drug-likeness (QED) is 0.405. The Morgan fingerprint density at radius 3 is 2.23 bits per heavy atom. The van der Waals surface area contributed by atoms with Gasteiger partial charge in [0, 0.05) is 43.8 Å². The first-order chi connectivity index (χ1) is 14.3. The van der Waals surface area contributed by atoms with E-state index in [1.54, 1.807) is 0 Å². The van der Waals surface area contributed by atoms with Gasteiger partial charge in [-0.2, -0.15) is 0 Å². The smallest absolute Gasteiger partial charge is 0.250 e. The predicted octanol–water partition coefficient (Wildman–Crippen LogP) is 6.40. The van der Waals surface area contributed by atoms with Crippen molar-refractivity contribution in [2.75, 3.05) is 13.1 Å². The first-order valence-corrected chi connectivity index (χ1v) is 11.7. The lowest BCUT2D eigenvalue weighted by atomic mass is 9.96. The van der Waals surface area contributed by atoms with Gasteiger partial charge in [-0.15, -0.1) is 0 Å². The number of alkyl halides is 2. The number of nitrogens with zero attached hydrogens (tertiary/aromatic N) is 2. The molecular weight excluding hydrogens is 382 g/mol. The molecule has 0 atom stereocenters. The number of rotatable bonds is 4. The second kappa shape index (κ2) is 13.7. The van der Waals surface area contributed by atoms with Gasteiger partial charge in [-0.05, 0) is 38.7 Å². The molecule has 0 amide bonds. The summed E-state index contributed by atoms with van der Waals surface area (Å²) in [6.07, 6.45) is 8.40. The number of allylic oxidation sites excluding steroid dienone is 2. The lowest BCUT2D eigenvalue weighted by Crippen LogP contribution is -2.35. The highest BCUT2D eigenvalue weighted by molar-refractivity contribution is 6.05. The molecule has 0 bridgehead atoms. The zero-order valence-electron chi connectivity index (χ0n) is 19.7. The van der Waals surface area contributed by atoms with Crippen LogP contribution in [0.5, 0.6) is 0 Å². The zero-order valence-corrected chi connectivity index (χ0v) is 19.7. The minimum absolute atomic E-state index is 0.00694. The Bertz CT molecular complexity index is 621. The molecule has 0 unspecified atom stereocenters. The molecule has 3 rings (SSSR count). The molecule has 2 N–H and O–H groups in total. The van der Waals surface area contributed by atoms with Crippen LogP contribution < -0.4 is 10.6 Å². The second-order valence-corrected chi connectivity index (χ2v) is 8.12. The Morgan fingerprint density at radius 2 is 1.80 bits per heavy atom. The van der Waals surface area contributed by atoms with Crippen LogP contribution in [-0.2, 0) is 0 Å². The average Bonchev–Trinajstić information content (AvgIpc) is 3.11. The largest absolute Gasteiger partial charge is 0.343 e. The van der Waals surface area contributed by atoms with E-state index in [4.69, 9.17) is 9.98 Å². The van der Waals surface area contributed by atoms with Gasteiger partial charge in [-0.25, -0.2) is 8.78 Å². The van der Waals surface area contributed by atoms with Crippen molar-refractivity contribution in [2.45, 2.75) is 104 Å². The monoisotopic (exact) mass is 424 g/mol. The fraction of sp³-hybridized carbons (Fsp3) is 0.750. The summed E-state index contributed by atoms with van der Waals surface area (Å²) in [6, 6.07) is 0.451. The summed E-state index contributed by atoms with van der Waals surface area (Å²) in [5.41, 5.74) is 4.57. The first-order valence-electron chi connectivity index (χ1n) is 11.7. The van der Waals surface area contributed by atoms with Gasteiger partial charge >= 0.3 is 0 Å². The molecule has 30 heavy (non-hydrogen) atoms. The van der Waals surface area contributed by atoms with Crippen molar-refractivity contribution >= 4 is 11.5 Å². The van der Waals surface area contributed by atoms with Crippen LogP contribution >= 0.6 is 0 Å². The number of amidine groups is 1. The lowest BCUT2D eigenvalue weighted by molar-refractivity contribution is -0.0274. The highest BCUT2D eigenvalue weighted by Crippen LogP contribution is 2.25. The summed E-state index contributed by atoms with van der Waals surface area (Å²) in [4.78, 5) is 9.72. The molecule has 0 aromatic carbocycles. The summed E-state index contributed by atoms with van der Waals surface area (Å²) >= 11 is 0. The molecule has 1 aliphatic carbocycles. The van der Waals surface area contributed by atoms with E-state index in [2.05, 4.69) is 31.1 Å². The highest BCUT2D eigenvalue weighted by Gasteiger charge is 2.30. The van der Waals surface area contributed by atoms with E-state index in [1.807, 2.05) is 20.8 Å². The Hall–Kier alpha value is -1.56. The highest BCUT2D eigenvalue weighted by atomic mass is 19.3. The Morgan fingerprint density at radius 1 is 1.20 bits per heavy atom. The van der Waals surface area contributed by atoms with Gasteiger partial charge in [-0.3, -0.25) is 9.98 Å². The SMILES string of the molecule is C=C(C)NC(=NC1CCCCC1)C1=C(C)CC(CC)=N1.CC.FC1(F)CCNCC1. The third-order valence-electron chi connectivity index (χ3n) is 5.33. The standard InChI is InChI=1S/C17H27N3.C5H9F2N.C2H6/c1-5-14-11-13(4)16(19-14)17(18-12(2)3)20-15-9-7-6-8-10-15;6-5(7)1-3-8-4-2-5;1-2/h15H,2,5-11H2,1,3-4H3,(H,18,20);8H,1-4H2;1-2H3. The minimum Gasteiger partial charge on any atom is -0.343 e. The molecule has 0 aromatic rings. The van der Waals surface area contributed by atoms with Crippen LogP contribution in [0.4, 0.5) is 8.78 Å². The van der Waals surface area contributed by atoms with E-state index < -0.39 is 5.92 Å². The van der Waals surface area contributed by atoms with E-state index in [-0.39, 0.29) is 12.8 Å². The predicted molar refractivity (Wildman–Crippen MR) is 126 cm³/mol. The van der Waals surface area contributed by atoms with E-state index in [1.165, 1.54) is 43.4 Å². The Balaban J connectivity index is 0.000000375. The Kier molecular flexibility index (Phi) is 12.1. The van der Waals surface area contributed by atoms with Crippen molar-refractivity contribution in [1.29, 1.82) is 0 Å². The molecule has 2 aliphatic heterocycles. The third kappa shape index (κ3) is 9.50. The molecule has 3 aliphatic rings. The van der Waals surface area contributed by atoms with Crippen LogP contribution in [-0.4, -0.2) is 36.6 Å². The Labute approximate surface area is 182 Å². The van der Waals surface area contributed by atoms with Crippen molar-refractivity contribution in [3.63, 3.8) is 0 Å². The van der Waals surface area contributed by atoms with Gasteiger partial charge in [0.1, 0.15) is 5.70 Å². The van der Waals surface area contributed by atoms with Crippen LogP contribution in [0.2, 0.25) is 0 Å². The van der Waals surface area contributed by atoms with E-state index >= 15 is 0 Å². The second-order valence-electron chi connectivity index (χ2n) is 8.12. The maximum absolute atomic E-state index is 12.2. The number of hydrogen-bond acceptors (Lipinski definition) is 3. The summed E-state index contributed by atoms with van der Waals surface area (Å²) in [5.74, 6) is -1.45. The zero-order chi connectivity index (χ0) is 22.6. The van der Waals surface area contributed by atoms with Crippen LogP contribution in [0.3, 0.4) is 0 Å². The fourth-order valence-electron chi connectivity index (χ4n) is 3.68. The van der Waals surface area contributed by atoms with Gasteiger partial charge in [-0.1, -0.05) is 46.6 Å². The van der Waals surface area contributed by atoms with Crippen molar-refractivity contribution in [2.24, 2.45) is 9.98 Å². The van der Waals surface area contributed by atoms with Crippen molar-refractivity contribution in [1.82, 2.24) is 10.6 Å². The lowest BCUT2D eigenvalue weighted by Gasteiger charge is -2.21. The maximum Gasteiger partial charge on any atom is 0.250 e. The molecule has 1 saturated carbocycles. The number of hydrogen-bond donors (Lipinski definition) is 2. The molecule has 1 saturated heterocycles. The summed E-state index contributed by atoms with van der Waals surface area (Å²) in [5, 5.41) is 6.20. The van der Waals surface area contributed by atoms with E-state index in [0.717, 1.165) is 30.1 Å². The van der Waals surface area contributed by atoms with Gasteiger partial charge in [0.2, 0.25) is 0 Å². The fourth-order valence-corrected chi connectivity index (χ4v) is 3.68. The molecule has 0 radical (unpaired) electrons. The molecule has 4 nitrogen and oxygen atoms in total. The van der Waals surface area contributed by atoms with Crippen molar-refractivity contribution in [3.8, 4) is 0 Å². The first kappa shape index (κ1) is 26.5. The molecule has 6 heteroatoms. The van der Waals surface area contributed by atoms with Gasteiger partial charge in [0.05, 0.1) is 6.04 Å². The number of aliphatic imine (C=N–C) groups is 2. The average molecular weight is 425 g/mol. The molecule has 2 fully saturated rings. The van der Waals surface area contributed by atoms with Crippen LogP contribution in [0, 0.1) is 0 Å². The molecule has 2 heterocycles. The number of piperidine rings is 1. The molecular formula is C24H42F2N4. The van der Waals surface area contributed by atoms with Gasteiger partial charge in [0.25, 0.3) is 5.92 Å². The summed E-state index contributed by atoms with van der Waals surface area (Å²) < 4.78 is 24.3. The third-order valence-corrected chi connectivity index (χ3v) is 5.33. The molecule has 0 spiro atoms. The topological polar surface area (TPSA) is 48.8 Å². The number of halogens is 2. The van der Waals surface area contributed by atoms with Crippen LogP contribution in [0.25, 0.3) is 0 Å². The van der Waals surface area contributed by atoms with Gasteiger partial charge in [0.15, 0.2) is 5.84 Å². The maximum atomic E-state index is 12.2. The molecule has 172 valence electrons. The van der Waals surface area contributed by atoms with Gasteiger partial charge < -0.3 is 10.6 Å². The summed E-state index contributed by atoms with van der Waals surface area (Å²) in [6.45, 7) is 15.2. The van der Waals surface area contributed by atoms with Crippen molar-refractivity contribution < 1.29 is 8.78 Å².